The summed E-state index contributed by atoms with van der Waals surface area (Å²) in [5, 5.41) is 22.6. The van der Waals surface area contributed by atoms with Crippen molar-refractivity contribution in [3.05, 3.63) is 70.9 Å². The number of rotatable bonds is 15. The number of hydrogen-bond donors (Lipinski definition) is 5. The molecule has 0 saturated carbocycles. The molecular weight excluding hydrogens is 717 g/mol. The minimum Gasteiger partial charge on any atom is -0.391 e. The van der Waals surface area contributed by atoms with E-state index in [1.165, 1.54) is 4.90 Å². The first-order valence-corrected chi connectivity index (χ1v) is 20.2. The maximum atomic E-state index is 14.0. The lowest BCUT2D eigenvalue weighted by Gasteiger charge is -2.36. The largest absolute Gasteiger partial charge is 0.391 e. The Morgan fingerprint density at radius 2 is 1.65 bits per heavy atom. The highest BCUT2D eigenvalue weighted by Gasteiger charge is 2.44. The molecule has 4 atom stereocenters. The van der Waals surface area contributed by atoms with Crippen molar-refractivity contribution in [1.82, 2.24) is 36.1 Å². The van der Waals surface area contributed by atoms with E-state index in [1.807, 2.05) is 95.7 Å². The van der Waals surface area contributed by atoms with Gasteiger partial charge in [-0.1, -0.05) is 45.0 Å². The second kappa shape index (κ2) is 19.0. The molecule has 0 aliphatic carbocycles. The number of carbonyl (C=O) groups excluding carboxylic acids is 4. The summed E-state index contributed by atoms with van der Waals surface area (Å²) < 4.78 is 0. The lowest BCUT2D eigenvalue weighted by molar-refractivity contribution is -0.144. The lowest BCUT2D eigenvalue weighted by atomic mass is 9.85. The standard InChI is InChI=1S/C41H58N8O5S/c1-27(29-9-11-30(12-10-29)36-28(2)44-26-55-36)45-39(53)34-24-33(50)25-49(34)40(54)37(41(3,4)5)46-35(51)8-7-17-43-38(52)31-13-15-32(16-14-31)48-22-20-47(21-23-48)19-18-42-6/h9-16,26-27,33-34,37,42,50H,7-8,17-25H2,1-6H3,(H,43,52)(H,45,53)(H,46,51)/t27-,33+,34?,37+/m0/s1. The summed E-state index contributed by atoms with van der Waals surface area (Å²) in [7, 11) is 1.97. The van der Waals surface area contributed by atoms with Gasteiger partial charge in [-0.3, -0.25) is 24.1 Å². The van der Waals surface area contributed by atoms with E-state index in [-0.39, 0.29) is 43.1 Å². The van der Waals surface area contributed by atoms with Crippen LogP contribution < -0.4 is 26.2 Å². The number of aromatic nitrogens is 1. The van der Waals surface area contributed by atoms with Gasteiger partial charge < -0.3 is 36.2 Å². The van der Waals surface area contributed by atoms with E-state index in [4.69, 9.17) is 0 Å². The quantitative estimate of drug-likeness (QED) is 0.146. The van der Waals surface area contributed by atoms with Crippen LogP contribution in [0.25, 0.3) is 10.4 Å². The Kier molecular flexibility index (Phi) is 14.4. The number of hydrogen-bond acceptors (Lipinski definition) is 10. The summed E-state index contributed by atoms with van der Waals surface area (Å²) in [5.74, 6) is -1.31. The van der Waals surface area contributed by atoms with Gasteiger partial charge in [0.2, 0.25) is 17.7 Å². The van der Waals surface area contributed by atoms with E-state index < -0.39 is 29.5 Å². The van der Waals surface area contributed by atoms with Crippen molar-refractivity contribution in [3.63, 3.8) is 0 Å². The number of carbonyl (C=O) groups is 4. The molecule has 4 amide bonds. The second-order valence-corrected chi connectivity index (χ2v) is 16.6. The summed E-state index contributed by atoms with van der Waals surface area (Å²) in [6.07, 6.45) is -0.272. The smallest absolute Gasteiger partial charge is 0.251 e. The fraction of sp³-hybridized carbons (Fsp3) is 0.537. The molecule has 2 aliphatic heterocycles. The van der Waals surface area contributed by atoms with Gasteiger partial charge in [0.25, 0.3) is 5.91 Å². The van der Waals surface area contributed by atoms with Crippen molar-refractivity contribution >= 4 is 40.7 Å². The third-order valence-corrected chi connectivity index (χ3v) is 11.4. The number of β-amino-alcohol motifs (C(OH)–C–C–N with tert-alkyl or cyclic N) is 1. The highest BCUT2D eigenvalue weighted by Crippen LogP contribution is 2.30. The van der Waals surface area contributed by atoms with Gasteiger partial charge in [0.05, 0.1) is 28.2 Å². The van der Waals surface area contributed by atoms with E-state index in [0.29, 0.717) is 18.5 Å². The van der Waals surface area contributed by atoms with Crippen LogP contribution in [0.5, 0.6) is 0 Å². The van der Waals surface area contributed by atoms with Crippen molar-refractivity contribution < 1.29 is 24.3 Å². The number of nitrogens with zero attached hydrogens (tertiary/aromatic N) is 4. The maximum Gasteiger partial charge on any atom is 0.251 e. The van der Waals surface area contributed by atoms with Gasteiger partial charge in [-0.05, 0) is 68.1 Å². The van der Waals surface area contributed by atoms with E-state index >= 15 is 0 Å². The third kappa shape index (κ3) is 11.1. The Morgan fingerprint density at radius 1 is 0.964 bits per heavy atom. The lowest BCUT2D eigenvalue weighted by Crippen LogP contribution is -2.57. The molecule has 1 unspecified atom stereocenters. The van der Waals surface area contributed by atoms with Crippen molar-refractivity contribution in [2.75, 3.05) is 64.3 Å². The molecule has 0 spiro atoms. The molecule has 2 saturated heterocycles. The van der Waals surface area contributed by atoms with Crippen LogP contribution in [0.1, 0.15) is 74.6 Å². The van der Waals surface area contributed by atoms with Crippen molar-refractivity contribution in [2.45, 2.75) is 78.1 Å². The first-order chi connectivity index (χ1) is 26.2. The number of thiazole rings is 1. The fourth-order valence-electron chi connectivity index (χ4n) is 7.12. The summed E-state index contributed by atoms with van der Waals surface area (Å²) in [6.45, 7) is 15.6. The summed E-state index contributed by atoms with van der Waals surface area (Å²) >= 11 is 1.58. The zero-order chi connectivity index (χ0) is 39.7. The predicted molar refractivity (Wildman–Crippen MR) is 217 cm³/mol. The van der Waals surface area contributed by atoms with Crippen LogP contribution in [0, 0.1) is 12.3 Å². The number of likely N-dealkylation sites (tertiary alicyclic amines) is 1. The molecule has 3 heterocycles. The van der Waals surface area contributed by atoms with Crippen LogP contribution in [0.4, 0.5) is 5.69 Å². The molecule has 5 rings (SSSR count). The van der Waals surface area contributed by atoms with E-state index in [9.17, 15) is 24.3 Å². The number of aryl methyl sites for hydroxylation is 1. The van der Waals surface area contributed by atoms with Crippen LogP contribution in [0.15, 0.2) is 54.0 Å². The summed E-state index contributed by atoms with van der Waals surface area (Å²) in [4.78, 5) is 65.2. The topological polar surface area (TPSA) is 159 Å². The van der Waals surface area contributed by atoms with Crippen LogP contribution in [0.3, 0.4) is 0 Å². The van der Waals surface area contributed by atoms with Gasteiger partial charge in [0, 0.05) is 76.5 Å². The minimum atomic E-state index is -0.926. The number of likely N-dealkylation sites (N-methyl/N-ethyl adjacent to an activating group) is 1. The number of anilines is 1. The van der Waals surface area contributed by atoms with Gasteiger partial charge >= 0.3 is 0 Å². The highest BCUT2D eigenvalue weighted by molar-refractivity contribution is 7.13. The zero-order valence-corrected chi connectivity index (χ0v) is 33.9. The molecule has 2 aliphatic rings. The molecule has 298 valence electrons. The Hall–Kier alpha value is -4.37. The Morgan fingerprint density at radius 3 is 2.27 bits per heavy atom. The zero-order valence-electron chi connectivity index (χ0n) is 33.1. The summed E-state index contributed by atoms with van der Waals surface area (Å²) in [6, 6.07) is 13.4. The van der Waals surface area contributed by atoms with Gasteiger partial charge in [0.15, 0.2) is 0 Å². The van der Waals surface area contributed by atoms with Crippen molar-refractivity contribution in [2.24, 2.45) is 5.41 Å². The van der Waals surface area contributed by atoms with E-state index in [1.54, 1.807) is 11.3 Å². The predicted octanol–water partition coefficient (Wildman–Crippen LogP) is 3.34. The molecule has 13 nitrogen and oxygen atoms in total. The monoisotopic (exact) mass is 774 g/mol. The summed E-state index contributed by atoms with van der Waals surface area (Å²) in [5.41, 5.74) is 5.73. The third-order valence-electron chi connectivity index (χ3n) is 10.5. The first kappa shape index (κ1) is 41.8. The minimum absolute atomic E-state index is 0.00272. The average molecular weight is 775 g/mol. The van der Waals surface area contributed by atoms with Gasteiger partial charge in [-0.25, -0.2) is 4.98 Å². The fourth-order valence-corrected chi connectivity index (χ4v) is 7.94. The molecule has 3 aromatic rings. The Balaban J connectivity index is 1.09. The molecule has 0 bridgehead atoms. The van der Waals surface area contributed by atoms with E-state index in [2.05, 4.69) is 36.1 Å². The number of benzene rings is 2. The average Bonchev–Trinajstić information content (AvgIpc) is 3.79. The van der Waals surface area contributed by atoms with Crippen molar-refractivity contribution in [1.29, 1.82) is 0 Å². The number of amides is 4. The van der Waals surface area contributed by atoms with E-state index in [0.717, 1.165) is 66.7 Å². The van der Waals surface area contributed by atoms with Crippen LogP contribution in [0.2, 0.25) is 0 Å². The molecule has 0 radical (unpaired) electrons. The molecule has 14 heteroatoms. The molecule has 5 N–H and O–H groups in total. The molecule has 55 heavy (non-hydrogen) atoms. The van der Waals surface area contributed by atoms with Crippen molar-refractivity contribution in [3.8, 4) is 10.4 Å². The van der Waals surface area contributed by atoms with Gasteiger partial charge in [-0.15, -0.1) is 11.3 Å². The second-order valence-electron chi connectivity index (χ2n) is 15.7. The van der Waals surface area contributed by atoms with Crippen LogP contribution >= 0.6 is 11.3 Å². The number of aliphatic hydroxyl groups is 1. The Labute approximate surface area is 329 Å². The number of aliphatic hydroxyl groups excluding tert-OH is 1. The van der Waals surface area contributed by atoms with Gasteiger partial charge in [0.1, 0.15) is 12.1 Å². The van der Waals surface area contributed by atoms with Crippen LogP contribution in [-0.2, 0) is 14.4 Å². The molecule has 2 aromatic carbocycles. The van der Waals surface area contributed by atoms with Crippen LogP contribution in [-0.4, -0.2) is 121 Å². The van der Waals surface area contributed by atoms with Gasteiger partial charge in [-0.2, -0.15) is 0 Å². The Bertz CT molecular complexity index is 1750. The molecule has 1 aromatic heterocycles. The number of piperazine rings is 1. The highest BCUT2D eigenvalue weighted by atomic mass is 32.1. The molecular formula is C41H58N8O5S. The normalized spacial score (nSPS) is 18.8. The number of nitrogens with one attached hydrogen (secondary N) is 4. The molecule has 2 fully saturated rings. The maximum absolute atomic E-state index is 14.0. The first-order valence-electron chi connectivity index (χ1n) is 19.3. The SMILES string of the molecule is CNCCN1CCN(c2ccc(C(=O)NCCCC(=O)N[C@H](C(=O)N3C[C@H](O)CC3C(=O)N[C@@H](C)c3ccc(-c4scnc4C)cc3)C(C)(C)C)cc2)CC1.